The summed E-state index contributed by atoms with van der Waals surface area (Å²) in [5.41, 5.74) is 4.25. The zero-order chi connectivity index (χ0) is 21.2. The molecule has 2 aromatic carbocycles. The lowest BCUT2D eigenvalue weighted by molar-refractivity contribution is 0.0919. The van der Waals surface area contributed by atoms with E-state index in [0.29, 0.717) is 5.56 Å². The molecule has 0 aliphatic heterocycles. The topological polar surface area (TPSA) is 56.1 Å². The number of hydrogen-bond acceptors (Lipinski definition) is 3. The van der Waals surface area contributed by atoms with Crippen LogP contribution < -0.4 is 10.1 Å². The molecule has 1 amide bonds. The Kier molecular flexibility index (Phi) is 5.78. The van der Waals surface area contributed by atoms with Gasteiger partial charge in [0, 0.05) is 28.9 Å². The van der Waals surface area contributed by atoms with Gasteiger partial charge in [0.1, 0.15) is 5.75 Å². The third-order valence-electron chi connectivity index (χ3n) is 4.56. The molecule has 3 aromatic rings. The van der Waals surface area contributed by atoms with E-state index in [0.717, 1.165) is 28.1 Å². The molecule has 3 rings (SSSR count). The van der Waals surface area contributed by atoms with Gasteiger partial charge in [-0.3, -0.25) is 9.48 Å². The van der Waals surface area contributed by atoms with Gasteiger partial charge < -0.3 is 10.1 Å². The van der Waals surface area contributed by atoms with Crippen LogP contribution in [0.3, 0.4) is 0 Å². The second-order valence-electron chi connectivity index (χ2n) is 8.49. The first-order valence-electron chi connectivity index (χ1n) is 9.84. The van der Waals surface area contributed by atoms with E-state index < -0.39 is 0 Å². The van der Waals surface area contributed by atoms with E-state index in [4.69, 9.17) is 4.74 Å². The van der Waals surface area contributed by atoms with Crippen LogP contribution in [0.2, 0.25) is 0 Å². The SMILES string of the molecule is COc1ccc(-c2cc(C(=O)NC(C)(C)C)cc(-c3ccnn3C(C)C)c2)cc1. The van der Waals surface area contributed by atoms with Crippen molar-refractivity contribution in [2.24, 2.45) is 0 Å². The van der Waals surface area contributed by atoms with Crippen LogP contribution in [0.25, 0.3) is 22.4 Å². The van der Waals surface area contributed by atoms with Crippen LogP contribution >= 0.6 is 0 Å². The zero-order valence-electron chi connectivity index (χ0n) is 18.0. The molecule has 0 unspecified atom stereocenters. The summed E-state index contributed by atoms with van der Waals surface area (Å²) in [4.78, 5) is 12.9. The van der Waals surface area contributed by atoms with Crippen LogP contribution in [0, 0.1) is 0 Å². The predicted molar refractivity (Wildman–Crippen MR) is 117 cm³/mol. The Morgan fingerprint density at radius 3 is 2.24 bits per heavy atom. The third kappa shape index (κ3) is 4.86. The van der Waals surface area contributed by atoms with Gasteiger partial charge in [-0.1, -0.05) is 12.1 Å². The quantitative estimate of drug-likeness (QED) is 0.639. The molecule has 5 nitrogen and oxygen atoms in total. The second kappa shape index (κ2) is 8.11. The van der Waals surface area contributed by atoms with Gasteiger partial charge in [0.2, 0.25) is 0 Å². The van der Waals surface area contributed by atoms with Crippen LogP contribution in [-0.2, 0) is 0 Å². The van der Waals surface area contributed by atoms with Gasteiger partial charge in [-0.15, -0.1) is 0 Å². The fraction of sp³-hybridized carbons (Fsp3) is 0.333. The van der Waals surface area contributed by atoms with Crippen molar-refractivity contribution in [3.05, 3.63) is 60.3 Å². The molecule has 0 saturated heterocycles. The second-order valence-corrected chi connectivity index (χ2v) is 8.49. The number of hydrogen-bond donors (Lipinski definition) is 1. The van der Waals surface area contributed by atoms with Gasteiger partial charge in [0.25, 0.3) is 5.91 Å². The molecule has 1 heterocycles. The molecular weight excluding hydrogens is 362 g/mol. The minimum Gasteiger partial charge on any atom is -0.497 e. The first-order chi connectivity index (χ1) is 13.7. The van der Waals surface area contributed by atoms with Gasteiger partial charge in [0.05, 0.1) is 12.8 Å². The largest absolute Gasteiger partial charge is 0.497 e. The van der Waals surface area contributed by atoms with Crippen molar-refractivity contribution >= 4 is 5.91 Å². The highest BCUT2D eigenvalue weighted by molar-refractivity contribution is 5.97. The number of carbonyl (C=O) groups is 1. The van der Waals surface area contributed by atoms with E-state index in [1.165, 1.54) is 0 Å². The molecular formula is C24H29N3O2. The van der Waals surface area contributed by atoms with E-state index in [9.17, 15) is 4.79 Å². The molecule has 1 aromatic heterocycles. The summed E-state index contributed by atoms with van der Waals surface area (Å²) in [6.45, 7) is 10.1. The molecule has 0 aliphatic carbocycles. The number of benzene rings is 2. The molecule has 29 heavy (non-hydrogen) atoms. The highest BCUT2D eigenvalue weighted by Gasteiger charge is 2.18. The summed E-state index contributed by atoms with van der Waals surface area (Å²) in [6.07, 6.45) is 1.80. The highest BCUT2D eigenvalue weighted by Crippen LogP contribution is 2.30. The van der Waals surface area contributed by atoms with Gasteiger partial charge >= 0.3 is 0 Å². The van der Waals surface area contributed by atoms with Crippen LogP contribution in [0.15, 0.2) is 54.7 Å². The summed E-state index contributed by atoms with van der Waals surface area (Å²) in [6, 6.07) is 16.0. The molecule has 0 saturated carbocycles. The molecule has 0 fully saturated rings. The fourth-order valence-electron chi connectivity index (χ4n) is 3.22. The summed E-state index contributed by atoms with van der Waals surface area (Å²) in [5, 5.41) is 7.51. The van der Waals surface area contributed by atoms with E-state index >= 15 is 0 Å². The lowest BCUT2D eigenvalue weighted by Crippen LogP contribution is -2.40. The Morgan fingerprint density at radius 1 is 1.00 bits per heavy atom. The van der Waals surface area contributed by atoms with Crippen molar-refractivity contribution in [1.29, 1.82) is 0 Å². The Bertz CT molecular complexity index is 996. The van der Waals surface area contributed by atoms with Gasteiger partial charge in [-0.2, -0.15) is 5.10 Å². The summed E-state index contributed by atoms with van der Waals surface area (Å²) in [5.74, 6) is 0.707. The van der Waals surface area contributed by atoms with E-state index in [-0.39, 0.29) is 17.5 Å². The van der Waals surface area contributed by atoms with E-state index in [2.05, 4.69) is 30.3 Å². The molecule has 0 bridgehead atoms. The van der Waals surface area contributed by atoms with E-state index in [1.54, 1.807) is 13.3 Å². The van der Waals surface area contributed by atoms with Gasteiger partial charge in [0.15, 0.2) is 0 Å². The molecule has 1 N–H and O–H groups in total. The highest BCUT2D eigenvalue weighted by atomic mass is 16.5. The lowest BCUT2D eigenvalue weighted by atomic mass is 9.97. The van der Waals surface area contributed by atoms with Crippen molar-refractivity contribution in [3.8, 4) is 28.1 Å². The van der Waals surface area contributed by atoms with Crippen molar-refractivity contribution < 1.29 is 9.53 Å². The number of nitrogens with zero attached hydrogens (tertiary/aromatic N) is 2. The molecule has 0 radical (unpaired) electrons. The maximum atomic E-state index is 12.9. The van der Waals surface area contributed by atoms with Crippen LogP contribution in [0.4, 0.5) is 0 Å². The molecule has 0 aliphatic rings. The minimum absolute atomic E-state index is 0.0928. The summed E-state index contributed by atoms with van der Waals surface area (Å²) < 4.78 is 7.24. The summed E-state index contributed by atoms with van der Waals surface area (Å²) in [7, 11) is 1.65. The predicted octanol–water partition coefficient (Wildman–Crippen LogP) is 5.33. The number of ether oxygens (including phenoxy) is 1. The van der Waals surface area contributed by atoms with Crippen LogP contribution in [-0.4, -0.2) is 28.3 Å². The maximum Gasteiger partial charge on any atom is 0.251 e. The van der Waals surface area contributed by atoms with Crippen molar-refractivity contribution in [1.82, 2.24) is 15.1 Å². The van der Waals surface area contributed by atoms with Gasteiger partial charge in [-0.05, 0) is 82.1 Å². The Labute approximate surface area is 172 Å². The molecule has 152 valence electrons. The summed E-state index contributed by atoms with van der Waals surface area (Å²) >= 11 is 0. The Hall–Kier alpha value is -3.08. The maximum absolute atomic E-state index is 12.9. The van der Waals surface area contributed by atoms with E-state index in [1.807, 2.05) is 67.9 Å². The molecule has 5 heteroatoms. The van der Waals surface area contributed by atoms with Crippen LogP contribution in [0.5, 0.6) is 5.75 Å². The fourth-order valence-corrected chi connectivity index (χ4v) is 3.22. The minimum atomic E-state index is -0.312. The van der Waals surface area contributed by atoms with Crippen LogP contribution in [0.1, 0.15) is 51.0 Å². The first kappa shape index (κ1) is 20.6. The molecule has 0 atom stereocenters. The first-order valence-corrected chi connectivity index (χ1v) is 9.84. The van der Waals surface area contributed by atoms with Gasteiger partial charge in [-0.25, -0.2) is 0 Å². The van der Waals surface area contributed by atoms with Crippen molar-refractivity contribution in [2.75, 3.05) is 7.11 Å². The average molecular weight is 392 g/mol. The standard InChI is InChI=1S/C24H29N3O2/c1-16(2)27-22(11-12-25-27)19-13-18(17-7-9-21(29-6)10-8-17)14-20(15-19)23(28)26-24(3,4)5/h7-16H,1-6H3,(H,26,28). The third-order valence-corrected chi connectivity index (χ3v) is 4.56. The number of nitrogens with one attached hydrogen (secondary N) is 1. The number of aromatic nitrogens is 2. The molecule has 0 spiro atoms. The number of rotatable bonds is 5. The number of methoxy groups -OCH3 is 1. The zero-order valence-corrected chi connectivity index (χ0v) is 18.0. The average Bonchev–Trinajstić information content (AvgIpc) is 3.16. The number of amides is 1. The number of carbonyl (C=O) groups excluding carboxylic acids is 1. The lowest BCUT2D eigenvalue weighted by Gasteiger charge is -2.21. The van der Waals surface area contributed by atoms with Crippen molar-refractivity contribution in [2.45, 2.75) is 46.2 Å². The monoisotopic (exact) mass is 391 g/mol. The smallest absolute Gasteiger partial charge is 0.251 e. The Morgan fingerprint density at radius 2 is 1.66 bits per heavy atom. The van der Waals surface area contributed by atoms with Crippen molar-refractivity contribution in [3.63, 3.8) is 0 Å². The Balaban J connectivity index is 2.13. The normalized spacial score (nSPS) is 11.6.